The van der Waals surface area contributed by atoms with Gasteiger partial charge in [-0.2, -0.15) is 5.10 Å². The van der Waals surface area contributed by atoms with Gasteiger partial charge in [0.2, 0.25) is 5.91 Å². The Kier molecular flexibility index (Phi) is 4.26. The minimum Gasteiger partial charge on any atom is -0.476 e. The average molecular weight is 393 g/mol. The second kappa shape index (κ2) is 6.71. The van der Waals surface area contributed by atoms with E-state index < -0.39 is 5.97 Å². The lowest BCUT2D eigenvalue weighted by Gasteiger charge is -2.33. The molecule has 3 aliphatic rings. The molecule has 2 aliphatic carbocycles. The average Bonchev–Trinajstić information content (AvgIpc) is 3.23. The van der Waals surface area contributed by atoms with Gasteiger partial charge in [-0.05, 0) is 74.0 Å². The van der Waals surface area contributed by atoms with Gasteiger partial charge in [-0.25, -0.2) is 4.79 Å². The fraction of sp³-hybridized carbons (Fsp3) is 0.522. The number of benzene rings is 1. The summed E-state index contributed by atoms with van der Waals surface area (Å²) in [5.41, 5.74) is 6.12. The van der Waals surface area contributed by atoms with Gasteiger partial charge in [0.25, 0.3) is 0 Å². The highest BCUT2D eigenvalue weighted by Gasteiger charge is 2.50. The quantitative estimate of drug-likeness (QED) is 0.865. The summed E-state index contributed by atoms with van der Waals surface area (Å²) < 4.78 is 1.67. The van der Waals surface area contributed by atoms with E-state index in [1.807, 2.05) is 4.90 Å². The summed E-state index contributed by atoms with van der Waals surface area (Å²) in [6, 6.07) is 6.49. The van der Waals surface area contributed by atoms with Crippen molar-refractivity contribution >= 4 is 11.9 Å². The van der Waals surface area contributed by atoms with Crippen molar-refractivity contribution in [1.29, 1.82) is 0 Å². The van der Waals surface area contributed by atoms with Crippen molar-refractivity contribution in [2.24, 2.45) is 5.92 Å². The van der Waals surface area contributed by atoms with Gasteiger partial charge in [0, 0.05) is 24.3 Å². The molecule has 29 heavy (non-hydrogen) atoms. The monoisotopic (exact) mass is 393 g/mol. The van der Waals surface area contributed by atoms with Crippen LogP contribution in [0.4, 0.5) is 0 Å². The highest BCUT2D eigenvalue weighted by Crippen LogP contribution is 2.57. The largest absolute Gasteiger partial charge is 0.476 e. The van der Waals surface area contributed by atoms with E-state index in [1.165, 1.54) is 16.7 Å². The molecule has 0 bridgehead atoms. The number of aromatic carboxylic acids is 1. The van der Waals surface area contributed by atoms with Crippen LogP contribution in [0.3, 0.4) is 0 Å². The summed E-state index contributed by atoms with van der Waals surface area (Å²) in [6.07, 6.45) is 3.87. The molecule has 152 valence electrons. The number of aromatic nitrogens is 2. The van der Waals surface area contributed by atoms with Gasteiger partial charge < -0.3 is 10.0 Å². The second-order valence-corrected chi connectivity index (χ2v) is 8.92. The predicted molar refractivity (Wildman–Crippen MR) is 108 cm³/mol. The highest BCUT2D eigenvalue weighted by atomic mass is 16.4. The number of carbonyl (C=O) groups is 2. The first-order valence-corrected chi connectivity index (χ1v) is 10.6. The van der Waals surface area contributed by atoms with Crippen LogP contribution in [0.25, 0.3) is 0 Å². The van der Waals surface area contributed by atoms with Crippen molar-refractivity contribution in [3.63, 3.8) is 0 Å². The molecule has 6 heteroatoms. The topological polar surface area (TPSA) is 75.4 Å². The summed E-state index contributed by atoms with van der Waals surface area (Å²) >= 11 is 0. The first-order chi connectivity index (χ1) is 13.9. The van der Waals surface area contributed by atoms with Gasteiger partial charge in [-0.3, -0.25) is 9.48 Å². The third-order valence-corrected chi connectivity index (χ3v) is 7.27. The van der Waals surface area contributed by atoms with E-state index in [1.54, 1.807) is 4.68 Å². The Morgan fingerprint density at radius 2 is 1.97 bits per heavy atom. The molecular weight excluding hydrogens is 366 g/mol. The number of nitrogens with zero attached hydrogens (tertiary/aromatic N) is 3. The van der Waals surface area contributed by atoms with Crippen LogP contribution in [-0.2, 0) is 17.8 Å². The van der Waals surface area contributed by atoms with Gasteiger partial charge in [0.05, 0.1) is 0 Å². The summed E-state index contributed by atoms with van der Waals surface area (Å²) in [7, 11) is 0. The number of rotatable bonds is 4. The van der Waals surface area contributed by atoms with E-state index in [0.717, 1.165) is 50.0 Å². The summed E-state index contributed by atoms with van der Waals surface area (Å²) in [6.45, 7) is 5.98. The molecule has 1 saturated heterocycles. The molecule has 2 atom stereocenters. The van der Waals surface area contributed by atoms with Gasteiger partial charge in [-0.15, -0.1) is 0 Å². The van der Waals surface area contributed by atoms with Gasteiger partial charge >= 0.3 is 5.97 Å². The van der Waals surface area contributed by atoms with Crippen molar-refractivity contribution < 1.29 is 14.7 Å². The molecule has 5 rings (SSSR count). The number of aryl methyl sites for hydroxylation is 1. The molecule has 6 nitrogen and oxygen atoms in total. The first-order valence-electron chi connectivity index (χ1n) is 10.6. The van der Waals surface area contributed by atoms with E-state index in [4.69, 9.17) is 0 Å². The minimum absolute atomic E-state index is 0.0484. The molecule has 2 heterocycles. The van der Waals surface area contributed by atoms with Crippen LogP contribution < -0.4 is 0 Å². The molecule has 1 saturated carbocycles. The van der Waals surface area contributed by atoms with Crippen LogP contribution in [-0.4, -0.2) is 44.8 Å². The predicted octanol–water partition coefficient (Wildman–Crippen LogP) is 3.26. The van der Waals surface area contributed by atoms with Crippen LogP contribution in [0.15, 0.2) is 18.2 Å². The summed E-state index contributed by atoms with van der Waals surface area (Å²) in [4.78, 5) is 26.4. The molecule has 1 aromatic heterocycles. The summed E-state index contributed by atoms with van der Waals surface area (Å²) in [5, 5.41) is 13.8. The van der Waals surface area contributed by atoms with Crippen molar-refractivity contribution in [2.75, 3.05) is 13.1 Å². The van der Waals surface area contributed by atoms with Crippen LogP contribution >= 0.6 is 0 Å². The van der Waals surface area contributed by atoms with E-state index in [0.29, 0.717) is 17.8 Å². The lowest BCUT2D eigenvalue weighted by molar-refractivity contribution is -0.133. The Labute approximate surface area is 170 Å². The molecule has 0 radical (unpaired) electrons. The van der Waals surface area contributed by atoms with Gasteiger partial charge in [0.1, 0.15) is 6.54 Å². The minimum atomic E-state index is -0.977. The maximum Gasteiger partial charge on any atom is 0.356 e. The molecule has 2 aromatic rings. The SMILES string of the molecule is Cc1cccc(C2CCN(C(=O)Cn3nc(C(=O)O)c4c3C[C@H]3C[C@@H]43)CC2)c1C. The normalized spacial score (nSPS) is 23.0. The van der Waals surface area contributed by atoms with E-state index in [-0.39, 0.29) is 18.1 Å². The van der Waals surface area contributed by atoms with Crippen LogP contribution in [0.1, 0.15) is 69.5 Å². The van der Waals surface area contributed by atoms with Crippen molar-refractivity contribution in [1.82, 2.24) is 14.7 Å². The number of carbonyl (C=O) groups excluding carboxylic acids is 1. The fourth-order valence-electron chi connectivity index (χ4n) is 5.36. The van der Waals surface area contributed by atoms with E-state index in [9.17, 15) is 14.7 Å². The maximum atomic E-state index is 12.9. The maximum absolute atomic E-state index is 12.9. The second-order valence-electron chi connectivity index (χ2n) is 8.92. The van der Waals surface area contributed by atoms with Crippen molar-refractivity contribution in [3.05, 3.63) is 51.8 Å². The van der Waals surface area contributed by atoms with E-state index >= 15 is 0 Å². The number of likely N-dealkylation sites (tertiary alicyclic amines) is 1. The zero-order valence-electron chi connectivity index (χ0n) is 17.0. The van der Waals surface area contributed by atoms with Crippen LogP contribution in [0, 0.1) is 19.8 Å². The third-order valence-electron chi connectivity index (χ3n) is 7.27. The molecule has 0 spiro atoms. The molecule has 2 fully saturated rings. The van der Waals surface area contributed by atoms with E-state index in [2.05, 4.69) is 37.1 Å². The van der Waals surface area contributed by atoms with Crippen LogP contribution in [0.5, 0.6) is 0 Å². The fourth-order valence-corrected chi connectivity index (χ4v) is 5.36. The number of piperidine rings is 1. The Balaban J connectivity index is 1.27. The number of hydrogen-bond donors (Lipinski definition) is 1. The molecule has 1 amide bonds. The number of carboxylic acids is 1. The first kappa shape index (κ1) is 18.4. The Bertz CT molecular complexity index is 1000. The smallest absolute Gasteiger partial charge is 0.356 e. The zero-order chi connectivity index (χ0) is 20.3. The zero-order valence-corrected chi connectivity index (χ0v) is 17.0. The number of carboxylic acid groups (broad SMARTS) is 1. The van der Waals surface area contributed by atoms with Gasteiger partial charge in [-0.1, -0.05) is 18.2 Å². The van der Waals surface area contributed by atoms with Crippen molar-refractivity contribution in [3.8, 4) is 0 Å². The lowest BCUT2D eigenvalue weighted by Crippen LogP contribution is -2.40. The number of amides is 1. The standard InChI is InChI=1S/C23H27N3O3/c1-13-4-3-5-17(14(13)2)15-6-8-25(9-7-15)20(27)12-26-19-11-16-10-18(16)21(19)22(24-26)23(28)29/h3-5,15-16,18H,6-12H2,1-2H3,(H,28,29)/t16-,18-/m1/s1. The number of fused-ring (bicyclic) bond motifs is 3. The molecular formula is C23H27N3O3. The summed E-state index contributed by atoms with van der Waals surface area (Å²) in [5.74, 6) is 0.490. The Morgan fingerprint density at radius 3 is 2.69 bits per heavy atom. The van der Waals surface area contributed by atoms with Crippen LogP contribution in [0.2, 0.25) is 0 Å². The Morgan fingerprint density at radius 1 is 1.21 bits per heavy atom. The molecule has 1 aromatic carbocycles. The van der Waals surface area contributed by atoms with Crippen molar-refractivity contribution in [2.45, 2.75) is 57.9 Å². The van der Waals surface area contributed by atoms with Gasteiger partial charge in [0.15, 0.2) is 5.69 Å². The molecule has 1 N–H and O–H groups in total. The Hall–Kier alpha value is -2.63. The number of hydrogen-bond acceptors (Lipinski definition) is 3. The molecule has 0 unspecified atom stereocenters. The third kappa shape index (κ3) is 3.05. The molecule has 1 aliphatic heterocycles. The lowest BCUT2D eigenvalue weighted by atomic mass is 9.85. The highest BCUT2D eigenvalue weighted by molar-refractivity contribution is 5.88.